The fourth-order valence-corrected chi connectivity index (χ4v) is 6.96. The molecule has 11 nitrogen and oxygen atoms in total. The molecule has 16 heteroatoms. The third-order valence-electron chi connectivity index (χ3n) is 8.73. The average molecular weight is 696 g/mol. The number of rotatable bonds is 10. The summed E-state index contributed by atoms with van der Waals surface area (Å²) in [6, 6.07) is 7.75. The van der Waals surface area contributed by atoms with E-state index < -0.39 is 34.2 Å². The van der Waals surface area contributed by atoms with Crippen LogP contribution in [-0.4, -0.2) is 76.7 Å². The second kappa shape index (κ2) is 14.3. The Bertz CT molecular complexity index is 1760. The number of sulfonamides is 1. The molecule has 2 aromatic heterocycles. The number of amides is 1. The number of anilines is 4. The SMILES string of the molecule is O=C(Nc1ccc(NS(=O)(=O)CCOC2CCCCO2)cc1N1CCC(=C(F)F)CC1)c1cc2ccoc2c(N2CCC(F)(F)CC2)n1. The fraction of sp³-hybridized carbons (Fsp3) is 0.500. The lowest BCUT2D eigenvalue weighted by molar-refractivity contribution is -0.158. The number of furan rings is 1. The van der Waals surface area contributed by atoms with Crippen LogP contribution in [0.1, 0.15) is 55.4 Å². The number of ether oxygens (including phenoxy) is 2. The van der Waals surface area contributed by atoms with Crippen molar-refractivity contribution in [2.75, 3.05) is 65.0 Å². The van der Waals surface area contributed by atoms with Gasteiger partial charge in [0.2, 0.25) is 10.0 Å². The lowest BCUT2D eigenvalue weighted by Gasteiger charge is -2.32. The van der Waals surface area contributed by atoms with Crippen molar-refractivity contribution in [1.82, 2.24) is 4.98 Å². The second-order valence-electron chi connectivity index (χ2n) is 12.1. The van der Waals surface area contributed by atoms with Gasteiger partial charge in [-0.2, -0.15) is 8.78 Å². The van der Waals surface area contributed by atoms with Gasteiger partial charge in [0.05, 0.1) is 35.7 Å². The molecule has 1 aromatic carbocycles. The predicted molar refractivity (Wildman–Crippen MR) is 172 cm³/mol. The molecule has 48 heavy (non-hydrogen) atoms. The molecule has 3 aliphatic rings. The molecule has 0 bridgehead atoms. The lowest BCUT2D eigenvalue weighted by Crippen LogP contribution is -2.40. The van der Waals surface area contributed by atoms with E-state index in [1.54, 1.807) is 21.9 Å². The Morgan fingerprint density at radius 3 is 2.52 bits per heavy atom. The summed E-state index contributed by atoms with van der Waals surface area (Å²) >= 11 is 0. The molecule has 0 saturated carbocycles. The first-order chi connectivity index (χ1) is 23.0. The molecule has 6 rings (SSSR count). The van der Waals surface area contributed by atoms with Crippen molar-refractivity contribution in [3.05, 3.63) is 53.9 Å². The summed E-state index contributed by atoms with van der Waals surface area (Å²) in [4.78, 5) is 21.6. The van der Waals surface area contributed by atoms with Crippen LogP contribution in [0.4, 0.5) is 40.4 Å². The minimum Gasteiger partial charge on any atom is -0.460 e. The zero-order valence-electron chi connectivity index (χ0n) is 26.2. The zero-order chi connectivity index (χ0) is 33.9. The van der Waals surface area contributed by atoms with Crippen molar-refractivity contribution in [1.29, 1.82) is 0 Å². The highest BCUT2D eigenvalue weighted by Crippen LogP contribution is 2.36. The minimum atomic E-state index is -3.83. The minimum absolute atomic E-state index is 0.0114. The number of aromatic nitrogens is 1. The number of nitrogens with one attached hydrogen (secondary N) is 2. The Labute approximate surface area is 275 Å². The largest absolute Gasteiger partial charge is 0.460 e. The second-order valence-corrected chi connectivity index (χ2v) is 14.0. The molecular weight excluding hydrogens is 658 g/mol. The van der Waals surface area contributed by atoms with Gasteiger partial charge in [0.1, 0.15) is 5.69 Å². The number of alkyl halides is 2. The van der Waals surface area contributed by atoms with Gasteiger partial charge in [-0.1, -0.05) is 0 Å². The smallest absolute Gasteiger partial charge is 0.274 e. The van der Waals surface area contributed by atoms with E-state index in [9.17, 15) is 30.8 Å². The van der Waals surface area contributed by atoms with Crippen molar-refractivity contribution < 1.29 is 44.7 Å². The summed E-state index contributed by atoms with van der Waals surface area (Å²) in [6.07, 6.45) is 1.38. The van der Waals surface area contributed by atoms with Gasteiger partial charge in [-0.3, -0.25) is 9.52 Å². The van der Waals surface area contributed by atoms with Crippen molar-refractivity contribution in [3.63, 3.8) is 0 Å². The van der Waals surface area contributed by atoms with E-state index in [2.05, 4.69) is 15.0 Å². The van der Waals surface area contributed by atoms with Crippen LogP contribution in [0.3, 0.4) is 0 Å². The molecule has 3 saturated heterocycles. The molecule has 0 spiro atoms. The highest BCUT2D eigenvalue weighted by molar-refractivity contribution is 7.92. The molecular formula is C32H37F4N5O6S. The van der Waals surface area contributed by atoms with Crippen molar-refractivity contribution >= 4 is 49.8 Å². The number of fused-ring (bicyclic) bond motifs is 1. The van der Waals surface area contributed by atoms with Crippen LogP contribution in [0.5, 0.6) is 0 Å². The van der Waals surface area contributed by atoms with E-state index in [1.807, 2.05) is 0 Å². The van der Waals surface area contributed by atoms with Gasteiger partial charge in [-0.05, 0) is 68.0 Å². The number of piperidine rings is 2. The lowest BCUT2D eigenvalue weighted by atomic mass is 10.0. The number of benzene rings is 1. The monoisotopic (exact) mass is 695 g/mol. The van der Waals surface area contributed by atoms with Crippen molar-refractivity contribution in [3.8, 4) is 0 Å². The quantitative estimate of drug-likeness (QED) is 0.233. The first-order valence-electron chi connectivity index (χ1n) is 15.9. The highest BCUT2D eigenvalue weighted by Gasteiger charge is 2.35. The Morgan fingerprint density at radius 2 is 1.81 bits per heavy atom. The molecule has 0 aliphatic carbocycles. The number of hydrogen-bond donors (Lipinski definition) is 2. The van der Waals surface area contributed by atoms with E-state index in [0.29, 0.717) is 35.4 Å². The van der Waals surface area contributed by atoms with Gasteiger partial charge in [0.25, 0.3) is 17.9 Å². The summed E-state index contributed by atoms with van der Waals surface area (Å²) in [5, 5.41) is 3.40. The molecule has 5 heterocycles. The zero-order valence-corrected chi connectivity index (χ0v) is 27.0. The van der Waals surface area contributed by atoms with E-state index >= 15 is 0 Å². The maximum Gasteiger partial charge on any atom is 0.274 e. The number of hydrogen-bond acceptors (Lipinski definition) is 9. The van der Waals surface area contributed by atoms with E-state index in [0.717, 1.165) is 12.8 Å². The molecule has 0 radical (unpaired) electrons. The number of carbonyl (C=O) groups is 1. The van der Waals surface area contributed by atoms with Crippen LogP contribution in [0, 0.1) is 0 Å². The maximum atomic E-state index is 13.9. The number of halogens is 4. The van der Waals surface area contributed by atoms with E-state index in [-0.39, 0.29) is 87.0 Å². The van der Waals surface area contributed by atoms with Crippen LogP contribution in [0.15, 0.2) is 52.7 Å². The molecule has 1 unspecified atom stereocenters. The van der Waals surface area contributed by atoms with Gasteiger partial charge >= 0.3 is 0 Å². The summed E-state index contributed by atoms with van der Waals surface area (Å²) in [5.74, 6) is -3.41. The third-order valence-corrected chi connectivity index (χ3v) is 9.98. The first kappa shape index (κ1) is 34.0. The highest BCUT2D eigenvalue weighted by atomic mass is 32.2. The average Bonchev–Trinajstić information content (AvgIpc) is 3.54. The van der Waals surface area contributed by atoms with Gasteiger partial charge in [-0.25, -0.2) is 22.2 Å². The first-order valence-corrected chi connectivity index (χ1v) is 17.6. The summed E-state index contributed by atoms with van der Waals surface area (Å²) < 4.78 is 99.4. The molecule has 260 valence electrons. The van der Waals surface area contributed by atoms with Crippen LogP contribution < -0.4 is 19.8 Å². The molecule has 3 aromatic rings. The Hall–Kier alpha value is -3.89. The maximum absolute atomic E-state index is 13.9. The topological polar surface area (TPSA) is 126 Å². The molecule has 1 amide bonds. The van der Waals surface area contributed by atoms with Gasteiger partial charge in [-0.15, -0.1) is 0 Å². The van der Waals surface area contributed by atoms with Crippen LogP contribution in [0.25, 0.3) is 11.0 Å². The summed E-state index contributed by atoms with van der Waals surface area (Å²) in [5.41, 5.74) is 1.40. The predicted octanol–water partition coefficient (Wildman–Crippen LogP) is 6.35. The Balaban J connectivity index is 1.22. The Kier molecular flexibility index (Phi) is 10.1. The fourth-order valence-electron chi connectivity index (χ4n) is 6.05. The van der Waals surface area contributed by atoms with Crippen LogP contribution in [0.2, 0.25) is 0 Å². The molecule has 3 aliphatic heterocycles. The standard InChI is InChI=1S/C32H37F4N5O6S/c33-29(34)21-6-11-40(12-7-21)26-20-23(39-48(43,44)18-17-46-27-3-1-2-15-45-27)4-5-24(26)38-31(42)25-19-22-8-16-47-28(22)30(37-25)41-13-9-32(35,36)10-14-41/h4-5,8,16,19-20,27,39H,1-3,6-7,9-15,17-18H2,(H,38,42). The molecule has 2 N–H and O–H groups in total. The van der Waals surface area contributed by atoms with E-state index in [1.165, 1.54) is 24.5 Å². The van der Waals surface area contributed by atoms with Crippen LogP contribution in [-0.2, 0) is 19.5 Å². The third kappa shape index (κ3) is 8.21. The van der Waals surface area contributed by atoms with Crippen molar-refractivity contribution in [2.24, 2.45) is 0 Å². The summed E-state index contributed by atoms with van der Waals surface area (Å²) in [6.45, 7) is 1.00. The molecule has 3 fully saturated rings. The normalized spacial score (nSPS) is 20.2. The van der Waals surface area contributed by atoms with Gasteiger partial charge < -0.3 is 29.0 Å². The molecule has 1 atom stereocenters. The number of nitrogens with zero attached hydrogens (tertiary/aromatic N) is 3. The Morgan fingerprint density at radius 1 is 1.04 bits per heavy atom. The van der Waals surface area contributed by atoms with E-state index in [4.69, 9.17) is 13.9 Å². The van der Waals surface area contributed by atoms with Gasteiger partial charge in [0.15, 0.2) is 17.7 Å². The summed E-state index contributed by atoms with van der Waals surface area (Å²) in [7, 11) is -3.83. The number of pyridine rings is 1. The number of carbonyl (C=O) groups excluding carboxylic acids is 1. The van der Waals surface area contributed by atoms with Gasteiger partial charge in [0, 0.05) is 51.0 Å². The van der Waals surface area contributed by atoms with Crippen molar-refractivity contribution in [2.45, 2.75) is 57.2 Å². The van der Waals surface area contributed by atoms with Crippen LogP contribution >= 0.6 is 0 Å².